The Kier molecular flexibility index (Phi) is 2.69. The molecule has 3 fully saturated rings. The minimum absolute atomic E-state index is 0.00413. The summed E-state index contributed by atoms with van der Waals surface area (Å²) in [5.74, 6) is 1.21. The average Bonchev–Trinajstić information content (AvgIpc) is 3.38. The third kappa shape index (κ3) is 2.02. The van der Waals surface area contributed by atoms with Gasteiger partial charge in [-0.15, -0.1) is 0 Å². The van der Waals surface area contributed by atoms with Gasteiger partial charge in [-0.25, -0.2) is 0 Å². The number of nitrogens with zero attached hydrogens (tertiary/aromatic N) is 1. The van der Waals surface area contributed by atoms with Crippen molar-refractivity contribution < 1.29 is 14.3 Å². The van der Waals surface area contributed by atoms with E-state index in [4.69, 9.17) is 4.74 Å². The SMILES string of the molecule is O=C1COCC(CC2CN(C(=O)C34CC3C4)c3ccccc32)N1. The highest BCUT2D eigenvalue weighted by Crippen LogP contribution is 2.76. The molecule has 1 aromatic rings. The molecule has 2 aliphatic carbocycles. The molecule has 5 rings (SSSR count). The molecule has 1 N–H and O–H groups in total. The van der Waals surface area contributed by atoms with Gasteiger partial charge < -0.3 is 15.0 Å². The van der Waals surface area contributed by atoms with Crippen molar-refractivity contribution in [1.82, 2.24) is 5.32 Å². The van der Waals surface area contributed by atoms with Crippen LogP contribution in [0, 0.1) is 11.3 Å². The molecule has 0 bridgehead atoms. The van der Waals surface area contributed by atoms with E-state index in [1.165, 1.54) is 5.56 Å². The number of carbonyl (C=O) groups excluding carboxylic acids is 2. The summed E-state index contributed by atoms with van der Waals surface area (Å²) in [5.41, 5.74) is 2.30. The molecule has 2 unspecified atom stereocenters. The Morgan fingerprint density at radius 3 is 2.87 bits per heavy atom. The molecule has 5 heteroatoms. The second kappa shape index (κ2) is 4.57. The van der Waals surface area contributed by atoms with E-state index in [0.29, 0.717) is 18.4 Å². The first-order valence-corrected chi connectivity index (χ1v) is 8.45. The van der Waals surface area contributed by atoms with Crippen LogP contribution in [0.25, 0.3) is 0 Å². The van der Waals surface area contributed by atoms with Gasteiger partial charge in [0.05, 0.1) is 18.1 Å². The summed E-state index contributed by atoms with van der Waals surface area (Å²) >= 11 is 0. The number of rotatable bonds is 3. The van der Waals surface area contributed by atoms with E-state index in [1.807, 2.05) is 17.0 Å². The normalized spacial score (nSPS) is 37.0. The van der Waals surface area contributed by atoms with Crippen molar-refractivity contribution in [2.75, 3.05) is 24.7 Å². The molecule has 2 aliphatic heterocycles. The predicted octanol–water partition coefficient (Wildman–Crippen LogP) is 1.43. The highest BCUT2D eigenvalue weighted by molar-refractivity contribution is 6.04. The molecule has 0 radical (unpaired) electrons. The number of carbonyl (C=O) groups is 2. The maximum Gasteiger partial charge on any atom is 0.246 e. The molecule has 2 atom stereocenters. The van der Waals surface area contributed by atoms with Crippen LogP contribution in [0.1, 0.15) is 30.7 Å². The van der Waals surface area contributed by atoms with Crippen LogP contribution < -0.4 is 10.2 Å². The fourth-order valence-corrected chi connectivity index (χ4v) is 4.28. The van der Waals surface area contributed by atoms with Gasteiger partial charge >= 0.3 is 0 Å². The lowest BCUT2D eigenvalue weighted by atomic mass is 9.94. The minimum atomic E-state index is -0.0434. The second-order valence-electron chi connectivity index (χ2n) is 7.45. The number of hydrogen-bond acceptors (Lipinski definition) is 3. The van der Waals surface area contributed by atoms with Crippen molar-refractivity contribution >= 4 is 17.5 Å². The summed E-state index contributed by atoms with van der Waals surface area (Å²) < 4.78 is 5.35. The van der Waals surface area contributed by atoms with Crippen molar-refractivity contribution in [2.24, 2.45) is 11.3 Å². The maximum absolute atomic E-state index is 12.9. The third-order valence-corrected chi connectivity index (χ3v) is 5.91. The van der Waals surface area contributed by atoms with Crippen molar-refractivity contribution in [3.63, 3.8) is 0 Å². The summed E-state index contributed by atoms with van der Waals surface area (Å²) in [7, 11) is 0. The van der Waals surface area contributed by atoms with Gasteiger partial charge in [0.25, 0.3) is 0 Å². The van der Waals surface area contributed by atoms with E-state index in [2.05, 4.69) is 17.4 Å². The van der Waals surface area contributed by atoms with E-state index in [9.17, 15) is 9.59 Å². The fraction of sp³-hybridized carbons (Fsp3) is 0.556. The standard InChI is InChI=1S/C18H20N2O3/c21-16-10-23-9-13(19-16)5-11-8-20(15-4-2-1-3-14(11)15)17(22)18-6-12(18)7-18/h1-4,11-13H,5-10H2,(H,19,21). The topological polar surface area (TPSA) is 58.6 Å². The molecule has 120 valence electrons. The number of amides is 2. The highest BCUT2D eigenvalue weighted by Gasteiger charge is 2.75. The monoisotopic (exact) mass is 312 g/mol. The Labute approximate surface area is 135 Å². The molecule has 2 saturated carbocycles. The first-order valence-electron chi connectivity index (χ1n) is 8.45. The summed E-state index contributed by atoms with van der Waals surface area (Å²) in [5, 5.41) is 3.00. The van der Waals surface area contributed by atoms with Crippen LogP contribution in [0.4, 0.5) is 5.69 Å². The number of fused-ring (bicyclic) bond motifs is 2. The number of morpholine rings is 1. The first kappa shape index (κ1) is 13.5. The lowest BCUT2D eigenvalue weighted by Crippen LogP contribution is -2.46. The van der Waals surface area contributed by atoms with Crippen LogP contribution in [-0.4, -0.2) is 37.6 Å². The van der Waals surface area contributed by atoms with Gasteiger partial charge in [0, 0.05) is 18.2 Å². The summed E-state index contributed by atoms with van der Waals surface area (Å²) in [4.78, 5) is 26.4. The molecule has 0 aromatic heterocycles. The van der Waals surface area contributed by atoms with Gasteiger partial charge in [0.15, 0.2) is 0 Å². The number of nitrogens with one attached hydrogen (secondary N) is 1. The van der Waals surface area contributed by atoms with E-state index in [-0.39, 0.29) is 29.9 Å². The van der Waals surface area contributed by atoms with Crippen LogP contribution in [-0.2, 0) is 14.3 Å². The molecule has 1 saturated heterocycles. The molecule has 1 aromatic carbocycles. The second-order valence-corrected chi connectivity index (χ2v) is 7.45. The zero-order valence-electron chi connectivity index (χ0n) is 13.0. The molecule has 2 heterocycles. The maximum atomic E-state index is 12.9. The number of hydrogen-bond donors (Lipinski definition) is 1. The van der Waals surface area contributed by atoms with Crippen molar-refractivity contribution in [1.29, 1.82) is 0 Å². The van der Waals surface area contributed by atoms with Crippen LogP contribution in [0.15, 0.2) is 24.3 Å². The van der Waals surface area contributed by atoms with Crippen molar-refractivity contribution in [3.8, 4) is 0 Å². The largest absolute Gasteiger partial charge is 0.370 e. The van der Waals surface area contributed by atoms with E-state index in [1.54, 1.807) is 0 Å². The van der Waals surface area contributed by atoms with E-state index < -0.39 is 0 Å². The molecule has 4 aliphatic rings. The Bertz CT molecular complexity index is 695. The predicted molar refractivity (Wildman–Crippen MR) is 84.1 cm³/mol. The minimum Gasteiger partial charge on any atom is -0.370 e. The molecular weight excluding hydrogens is 292 g/mol. The zero-order chi connectivity index (χ0) is 15.6. The third-order valence-electron chi connectivity index (χ3n) is 5.91. The lowest BCUT2D eigenvalue weighted by Gasteiger charge is -2.26. The number of ether oxygens (including phenoxy) is 1. The highest BCUT2D eigenvalue weighted by atomic mass is 16.5. The molecule has 23 heavy (non-hydrogen) atoms. The molecule has 0 spiro atoms. The van der Waals surface area contributed by atoms with Gasteiger partial charge in [-0.2, -0.15) is 0 Å². The number of anilines is 1. The van der Waals surface area contributed by atoms with Crippen LogP contribution in [0.2, 0.25) is 0 Å². The summed E-state index contributed by atoms with van der Waals surface area (Å²) in [6.45, 7) is 1.45. The lowest BCUT2D eigenvalue weighted by molar-refractivity contribution is -0.131. The average molecular weight is 312 g/mol. The summed E-state index contributed by atoms with van der Waals surface area (Å²) in [6.07, 6.45) is 2.99. The van der Waals surface area contributed by atoms with E-state index in [0.717, 1.165) is 31.5 Å². The summed E-state index contributed by atoms with van der Waals surface area (Å²) in [6, 6.07) is 8.25. The van der Waals surface area contributed by atoms with Crippen molar-refractivity contribution in [3.05, 3.63) is 29.8 Å². The van der Waals surface area contributed by atoms with Crippen LogP contribution in [0.3, 0.4) is 0 Å². The van der Waals surface area contributed by atoms with Crippen LogP contribution >= 0.6 is 0 Å². The molecule has 5 nitrogen and oxygen atoms in total. The Morgan fingerprint density at radius 1 is 1.35 bits per heavy atom. The first-order chi connectivity index (χ1) is 11.2. The molecular formula is C18H20N2O3. The zero-order valence-corrected chi connectivity index (χ0v) is 13.0. The number of benzene rings is 1. The smallest absolute Gasteiger partial charge is 0.246 e. The Balaban J connectivity index is 1.38. The van der Waals surface area contributed by atoms with Gasteiger partial charge in [-0.3, -0.25) is 9.59 Å². The molecule has 2 amide bonds. The van der Waals surface area contributed by atoms with Gasteiger partial charge in [-0.1, -0.05) is 18.2 Å². The number of para-hydroxylation sites is 1. The van der Waals surface area contributed by atoms with Gasteiger partial charge in [-0.05, 0) is 36.8 Å². The Morgan fingerprint density at radius 2 is 2.13 bits per heavy atom. The van der Waals surface area contributed by atoms with Crippen molar-refractivity contribution in [2.45, 2.75) is 31.2 Å². The van der Waals surface area contributed by atoms with Gasteiger partial charge in [0.2, 0.25) is 11.8 Å². The Hall–Kier alpha value is -1.88. The quantitative estimate of drug-likeness (QED) is 0.918. The van der Waals surface area contributed by atoms with Gasteiger partial charge in [0.1, 0.15) is 6.61 Å². The van der Waals surface area contributed by atoms with Crippen LogP contribution in [0.5, 0.6) is 0 Å². The fourth-order valence-electron chi connectivity index (χ4n) is 4.28. The van der Waals surface area contributed by atoms with E-state index >= 15 is 0 Å².